The average Bonchev–Trinajstić information content (AvgIpc) is 3.27. The molecule has 1 saturated carbocycles. The Kier molecular flexibility index (Phi) is 6.40. The minimum atomic E-state index is -0.295. The van der Waals surface area contributed by atoms with Crippen molar-refractivity contribution in [3.63, 3.8) is 0 Å². The molecule has 30 heavy (non-hydrogen) atoms. The molecular weight excluding hydrogens is 398 g/mol. The lowest BCUT2D eigenvalue weighted by Crippen LogP contribution is -2.40. The van der Waals surface area contributed by atoms with Crippen LogP contribution in [0.3, 0.4) is 0 Å². The van der Waals surface area contributed by atoms with E-state index < -0.39 is 0 Å². The second-order valence-electron chi connectivity index (χ2n) is 9.78. The van der Waals surface area contributed by atoms with Crippen LogP contribution in [0.2, 0.25) is 5.02 Å². The summed E-state index contributed by atoms with van der Waals surface area (Å²) in [4.78, 5) is 29.4. The number of primary amides is 1. The van der Waals surface area contributed by atoms with Gasteiger partial charge in [-0.25, -0.2) is 0 Å². The molecular formula is C24H34ClN3O2. The summed E-state index contributed by atoms with van der Waals surface area (Å²) < 4.78 is 0. The van der Waals surface area contributed by atoms with E-state index in [1.165, 1.54) is 19.3 Å². The second kappa shape index (κ2) is 8.88. The van der Waals surface area contributed by atoms with Crippen molar-refractivity contribution in [1.82, 2.24) is 9.80 Å². The van der Waals surface area contributed by atoms with Crippen LogP contribution in [0.25, 0.3) is 0 Å². The van der Waals surface area contributed by atoms with Gasteiger partial charge in [0.15, 0.2) is 0 Å². The van der Waals surface area contributed by atoms with Gasteiger partial charge in [-0.05, 0) is 54.7 Å². The molecule has 5 nitrogen and oxygen atoms in total. The first-order valence-corrected chi connectivity index (χ1v) is 11.8. The predicted octanol–water partition coefficient (Wildman–Crippen LogP) is 3.78. The van der Waals surface area contributed by atoms with E-state index in [0.717, 1.165) is 48.7 Å². The second-order valence-corrected chi connectivity index (χ2v) is 10.2. The number of hydrogen-bond donors (Lipinski definition) is 1. The zero-order valence-corrected chi connectivity index (χ0v) is 18.9. The number of halogens is 1. The van der Waals surface area contributed by atoms with E-state index in [9.17, 15) is 9.59 Å². The van der Waals surface area contributed by atoms with Crippen LogP contribution in [0.15, 0.2) is 18.2 Å². The van der Waals surface area contributed by atoms with Gasteiger partial charge in [-0.3, -0.25) is 14.5 Å². The molecule has 3 aliphatic rings. The Hall–Kier alpha value is -1.59. The summed E-state index contributed by atoms with van der Waals surface area (Å²) in [5.41, 5.74) is 7.67. The first kappa shape index (κ1) is 21.6. The number of fused-ring (bicyclic) bond motifs is 1. The zero-order chi connectivity index (χ0) is 21.4. The number of carbonyl (C=O) groups excluding carboxylic acids is 2. The van der Waals surface area contributed by atoms with Gasteiger partial charge in [0, 0.05) is 49.6 Å². The van der Waals surface area contributed by atoms with Crippen LogP contribution in [0.5, 0.6) is 0 Å². The minimum Gasteiger partial charge on any atom is -0.370 e. The Morgan fingerprint density at radius 2 is 1.80 bits per heavy atom. The van der Waals surface area contributed by atoms with Gasteiger partial charge in [-0.15, -0.1) is 0 Å². The molecule has 2 saturated heterocycles. The summed E-state index contributed by atoms with van der Waals surface area (Å²) in [7, 11) is 0. The number of nitrogens with two attached hydrogens (primary N) is 1. The fraction of sp³-hybridized carbons (Fsp3) is 0.667. The number of carbonyl (C=O) groups is 2. The molecule has 2 aliphatic heterocycles. The third-order valence-electron chi connectivity index (χ3n) is 7.67. The lowest BCUT2D eigenvalue weighted by molar-refractivity contribution is -0.137. The van der Waals surface area contributed by atoms with Crippen molar-refractivity contribution in [2.45, 2.75) is 52.0 Å². The van der Waals surface area contributed by atoms with Gasteiger partial charge < -0.3 is 10.6 Å². The standard InChI is InChI=1S/C24H34ClN3O2/c1-15-5-3-4-6-20(15)24(30)28-13-18-11-27(12-19(18)14-28)22(10-23(26)29)17-8-7-16(2)21(25)9-17/h7-9,15,18-20,22H,3-6,10-14H2,1-2H3,(H2,26,29). The van der Waals surface area contributed by atoms with Crippen molar-refractivity contribution < 1.29 is 9.59 Å². The quantitative estimate of drug-likeness (QED) is 0.771. The Morgan fingerprint density at radius 1 is 1.13 bits per heavy atom. The number of nitrogens with zero attached hydrogens (tertiary/aromatic N) is 2. The Bertz CT molecular complexity index is 800. The summed E-state index contributed by atoms with van der Waals surface area (Å²) in [6, 6.07) is 5.99. The van der Waals surface area contributed by atoms with Crippen LogP contribution < -0.4 is 5.73 Å². The molecule has 3 fully saturated rings. The Balaban J connectivity index is 1.43. The molecule has 2 heterocycles. The first-order chi connectivity index (χ1) is 14.3. The van der Waals surface area contributed by atoms with Crippen molar-refractivity contribution >= 4 is 23.4 Å². The number of rotatable bonds is 5. The summed E-state index contributed by atoms with van der Waals surface area (Å²) in [6.07, 6.45) is 4.96. The van der Waals surface area contributed by atoms with Crippen LogP contribution in [0.4, 0.5) is 0 Å². The molecule has 1 aromatic rings. The minimum absolute atomic E-state index is 0.0475. The normalized spacial score (nSPS) is 30.3. The summed E-state index contributed by atoms with van der Waals surface area (Å²) in [6.45, 7) is 7.72. The molecule has 0 radical (unpaired) electrons. The summed E-state index contributed by atoms with van der Waals surface area (Å²) in [5.74, 6) is 1.76. The molecule has 0 aromatic heterocycles. The van der Waals surface area contributed by atoms with Crippen LogP contribution in [0.1, 0.15) is 56.2 Å². The van der Waals surface area contributed by atoms with Gasteiger partial charge >= 0.3 is 0 Å². The van der Waals surface area contributed by atoms with Crippen molar-refractivity contribution in [3.05, 3.63) is 34.3 Å². The van der Waals surface area contributed by atoms with Gasteiger partial charge in [-0.2, -0.15) is 0 Å². The highest BCUT2D eigenvalue weighted by Crippen LogP contribution is 2.39. The van der Waals surface area contributed by atoms with E-state index in [0.29, 0.717) is 30.1 Å². The van der Waals surface area contributed by atoms with E-state index in [2.05, 4.69) is 22.8 Å². The van der Waals surface area contributed by atoms with Crippen molar-refractivity contribution in [1.29, 1.82) is 0 Å². The molecule has 4 rings (SSSR count). The van der Waals surface area contributed by atoms with Gasteiger partial charge in [-0.1, -0.05) is 43.5 Å². The van der Waals surface area contributed by atoms with Gasteiger partial charge in [0.05, 0.1) is 0 Å². The molecule has 6 heteroatoms. The lowest BCUT2D eigenvalue weighted by atomic mass is 9.79. The Morgan fingerprint density at radius 3 is 2.40 bits per heavy atom. The summed E-state index contributed by atoms with van der Waals surface area (Å²) in [5, 5.41) is 0.722. The topological polar surface area (TPSA) is 66.6 Å². The molecule has 0 bridgehead atoms. The largest absolute Gasteiger partial charge is 0.370 e. The zero-order valence-electron chi connectivity index (χ0n) is 18.1. The SMILES string of the molecule is Cc1ccc(C(CC(N)=O)N2CC3CN(C(=O)C4CCCCC4C)CC3C2)cc1Cl. The molecule has 1 aliphatic carbocycles. The number of hydrogen-bond acceptors (Lipinski definition) is 3. The van der Waals surface area contributed by atoms with E-state index in [-0.39, 0.29) is 17.9 Å². The maximum Gasteiger partial charge on any atom is 0.225 e. The highest BCUT2D eigenvalue weighted by atomic mass is 35.5. The predicted molar refractivity (Wildman–Crippen MR) is 119 cm³/mol. The number of aryl methyl sites for hydroxylation is 1. The third-order valence-corrected chi connectivity index (χ3v) is 8.08. The maximum atomic E-state index is 13.1. The number of amides is 2. The fourth-order valence-corrected chi connectivity index (χ4v) is 6.04. The lowest BCUT2D eigenvalue weighted by Gasteiger charge is -2.33. The van der Waals surface area contributed by atoms with Crippen molar-refractivity contribution in [2.24, 2.45) is 29.4 Å². The molecule has 5 atom stereocenters. The van der Waals surface area contributed by atoms with Crippen LogP contribution >= 0.6 is 11.6 Å². The highest BCUT2D eigenvalue weighted by molar-refractivity contribution is 6.31. The van der Waals surface area contributed by atoms with Gasteiger partial charge in [0.2, 0.25) is 11.8 Å². The Labute approximate surface area is 184 Å². The van der Waals surface area contributed by atoms with Crippen LogP contribution in [-0.2, 0) is 9.59 Å². The van der Waals surface area contributed by atoms with Gasteiger partial charge in [0.1, 0.15) is 0 Å². The van der Waals surface area contributed by atoms with Crippen LogP contribution in [-0.4, -0.2) is 47.8 Å². The first-order valence-electron chi connectivity index (χ1n) is 11.4. The highest BCUT2D eigenvalue weighted by Gasteiger charge is 2.45. The van der Waals surface area contributed by atoms with Crippen molar-refractivity contribution in [3.8, 4) is 0 Å². The summed E-state index contributed by atoms with van der Waals surface area (Å²) >= 11 is 6.36. The number of benzene rings is 1. The van der Waals surface area contributed by atoms with Crippen molar-refractivity contribution in [2.75, 3.05) is 26.2 Å². The molecule has 2 N–H and O–H groups in total. The average molecular weight is 432 g/mol. The monoisotopic (exact) mass is 431 g/mol. The van der Waals surface area contributed by atoms with E-state index >= 15 is 0 Å². The number of likely N-dealkylation sites (tertiary alicyclic amines) is 2. The maximum absolute atomic E-state index is 13.1. The third kappa shape index (κ3) is 4.38. The molecule has 1 aromatic carbocycles. The van der Waals surface area contributed by atoms with Crippen LogP contribution in [0, 0.1) is 30.6 Å². The molecule has 2 amide bonds. The molecule has 5 unspecified atom stereocenters. The van der Waals surface area contributed by atoms with E-state index in [4.69, 9.17) is 17.3 Å². The van der Waals surface area contributed by atoms with Gasteiger partial charge in [0.25, 0.3) is 0 Å². The van der Waals surface area contributed by atoms with E-state index in [1.807, 2.05) is 19.1 Å². The van der Waals surface area contributed by atoms with E-state index in [1.54, 1.807) is 0 Å². The molecule has 164 valence electrons. The molecule has 0 spiro atoms. The smallest absolute Gasteiger partial charge is 0.225 e. The fourth-order valence-electron chi connectivity index (χ4n) is 5.85.